The van der Waals surface area contributed by atoms with Gasteiger partial charge in [0, 0.05) is 29.4 Å². The summed E-state index contributed by atoms with van der Waals surface area (Å²) in [6.45, 7) is 4.73. The van der Waals surface area contributed by atoms with Crippen molar-refractivity contribution in [3.8, 4) is 11.5 Å². The van der Waals surface area contributed by atoms with E-state index in [0.29, 0.717) is 36.9 Å². The van der Waals surface area contributed by atoms with Crippen LogP contribution in [0.5, 0.6) is 11.5 Å². The Morgan fingerprint density at radius 3 is 2.67 bits per heavy atom. The van der Waals surface area contributed by atoms with E-state index in [-0.39, 0.29) is 29.8 Å². The van der Waals surface area contributed by atoms with Crippen molar-refractivity contribution in [3.63, 3.8) is 0 Å². The fraction of sp³-hybridized carbons (Fsp3) is 0.389. The molecule has 0 spiro atoms. The fourth-order valence-electron chi connectivity index (χ4n) is 2.70. The predicted molar refractivity (Wildman–Crippen MR) is 102 cm³/mol. The average molecular weight is 391 g/mol. The minimum absolute atomic E-state index is 0.0701. The van der Waals surface area contributed by atoms with Gasteiger partial charge in [0.1, 0.15) is 19.8 Å². The molecule has 1 aliphatic heterocycles. The van der Waals surface area contributed by atoms with E-state index in [2.05, 4.69) is 5.32 Å². The van der Waals surface area contributed by atoms with Gasteiger partial charge in [-0.3, -0.25) is 19.0 Å². The third kappa shape index (κ3) is 4.48. The van der Waals surface area contributed by atoms with Crippen LogP contribution in [0.1, 0.15) is 12.6 Å². The van der Waals surface area contributed by atoms with Crippen LogP contribution in [-0.4, -0.2) is 47.6 Å². The van der Waals surface area contributed by atoms with Crippen molar-refractivity contribution in [2.24, 2.45) is 0 Å². The summed E-state index contributed by atoms with van der Waals surface area (Å²) in [5.41, 5.74) is 1.30. The molecule has 2 aromatic rings. The number of benzene rings is 1. The molecule has 1 N–H and O–H groups in total. The van der Waals surface area contributed by atoms with E-state index in [1.165, 1.54) is 9.47 Å². The second kappa shape index (κ2) is 8.26. The summed E-state index contributed by atoms with van der Waals surface area (Å²) in [5.74, 6) is 0.616. The van der Waals surface area contributed by atoms with E-state index in [0.717, 1.165) is 17.0 Å². The number of carbonyl (C=O) groups excluding carboxylic acids is 2. The highest BCUT2D eigenvalue weighted by atomic mass is 32.1. The molecular weight excluding hydrogens is 370 g/mol. The second-order valence-electron chi connectivity index (χ2n) is 6.04. The van der Waals surface area contributed by atoms with Crippen molar-refractivity contribution in [2.75, 3.05) is 31.6 Å². The Labute approximate surface area is 160 Å². The first-order valence-corrected chi connectivity index (χ1v) is 9.48. The zero-order valence-electron chi connectivity index (χ0n) is 15.2. The van der Waals surface area contributed by atoms with Crippen molar-refractivity contribution in [2.45, 2.75) is 20.4 Å². The maximum Gasteiger partial charge on any atom is 0.307 e. The monoisotopic (exact) mass is 391 g/mol. The van der Waals surface area contributed by atoms with Crippen LogP contribution in [0.25, 0.3) is 0 Å². The van der Waals surface area contributed by atoms with Gasteiger partial charge in [-0.1, -0.05) is 11.3 Å². The number of nitrogens with one attached hydrogen (secondary N) is 1. The maximum absolute atomic E-state index is 12.5. The molecular formula is C18H21N3O5S. The summed E-state index contributed by atoms with van der Waals surface area (Å²) in [7, 11) is 0. The van der Waals surface area contributed by atoms with E-state index in [4.69, 9.17) is 9.47 Å². The van der Waals surface area contributed by atoms with Gasteiger partial charge in [0.15, 0.2) is 11.5 Å². The molecule has 1 aromatic heterocycles. The minimum atomic E-state index is -0.323. The van der Waals surface area contributed by atoms with Gasteiger partial charge in [0.2, 0.25) is 11.8 Å². The highest BCUT2D eigenvalue weighted by Gasteiger charge is 2.19. The zero-order valence-corrected chi connectivity index (χ0v) is 16.0. The van der Waals surface area contributed by atoms with Crippen LogP contribution < -0.4 is 19.7 Å². The summed E-state index contributed by atoms with van der Waals surface area (Å²) >= 11 is 1.05. The molecule has 1 aliphatic rings. The first-order valence-electron chi connectivity index (χ1n) is 8.60. The molecule has 1 aromatic carbocycles. The van der Waals surface area contributed by atoms with Gasteiger partial charge in [0.25, 0.3) is 0 Å². The number of rotatable bonds is 6. The van der Waals surface area contributed by atoms with Crippen LogP contribution >= 0.6 is 11.3 Å². The predicted octanol–water partition coefficient (Wildman–Crippen LogP) is 1.48. The molecule has 2 amide bonds. The molecule has 0 fully saturated rings. The van der Waals surface area contributed by atoms with Crippen molar-refractivity contribution in [3.05, 3.63) is 38.9 Å². The number of thiazole rings is 1. The van der Waals surface area contributed by atoms with E-state index < -0.39 is 0 Å². The summed E-state index contributed by atoms with van der Waals surface area (Å²) in [6, 6.07) is 5.15. The number of amides is 2. The number of fused-ring (bicyclic) bond motifs is 1. The van der Waals surface area contributed by atoms with Gasteiger partial charge in [-0.25, -0.2) is 0 Å². The van der Waals surface area contributed by atoms with Gasteiger partial charge in [0.05, 0.1) is 6.54 Å². The number of aromatic nitrogens is 1. The Morgan fingerprint density at radius 2 is 2.00 bits per heavy atom. The highest BCUT2D eigenvalue weighted by molar-refractivity contribution is 7.07. The van der Waals surface area contributed by atoms with Crippen molar-refractivity contribution in [1.29, 1.82) is 0 Å². The summed E-state index contributed by atoms with van der Waals surface area (Å²) in [5, 5.41) is 4.47. The standard InChI is InChI=1S/C18H21N3O5S/c1-3-20(17(23)10-21-12(2)11-27-18(21)24)9-16(22)19-13-4-5-14-15(8-13)26-7-6-25-14/h4-5,8,11H,3,6-7,9-10H2,1-2H3,(H,19,22). The normalized spacial score (nSPS) is 12.5. The number of hydrogen-bond acceptors (Lipinski definition) is 6. The lowest BCUT2D eigenvalue weighted by atomic mass is 10.2. The number of carbonyl (C=O) groups is 2. The molecule has 3 rings (SSSR count). The van der Waals surface area contributed by atoms with Crippen molar-refractivity contribution in [1.82, 2.24) is 9.47 Å². The van der Waals surface area contributed by atoms with Crippen LogP contribution in [0, 0.1) is 6.92 Å². The molecule has 0 bridgehead atoms. The molecule has 0 saturated carbocycles. The van der Waals surface area contributed by atoms with E-state index in [1.54, 1.807) is 37.4 Å². The van der Waals surface area contributed by atoms with E-state index in [1.807, 2.05) is 0 Å². The maximum atomic E-state index is 12.5. The largest absolute Gasteiger partial charge is 0.486 e. The molecule has 0 aliphatic carbocycles. The SMILES string of the molecule is CCN(CC(=O)Nc1ccc2c(c1)OCCO2)C(=O)Cn1c(C)csc1=O. The molecule has 0 unspecified atom stereocenters. The number of hydrogen-bond donors (Lipinski definition) is 1. The first-order chi connectivity index (χ1) is 13.0. The van der Waals surface area contributed by atoms with E-state index >= 15 is 0 Å². The molecule has 27 heavy (non-hydrogen) atoms. The second-order valence-corrected chi connectivity index (χ2v) is 6.86. The van der Waals surface area contributed by atoms with Gasteiger partial charge in [-0.2, -0.15) is 0 Å². The third-order valence-electron chi connectivity index (χ3n) is 4.16. The lowest BCUT2D eigenvalue weighted by molar-refractivity contribution is -0.135. The average Bonchev–Trinajstić information content (AvgIpc) is 2.98. The van der Waals surface area contributed by atoms with Gasteiger partial charge in [-0.05, 0) is 26.0 Å². The minimum Gasteiger partial charge on any atom is -0.486 e. The van der Waals surface area contributed by atoms with Crippen LogP contribution in [0.4, 0.5) is 5.69 Å². The molecule has 0 saturated heterocycles. The van der Waals surface area contributed by atoms with Crippen LogP contribution in [-0.2, 0) is 16.1 Å². The summed E-state index contributed by atoms with van der Waals surface area (Å²) in [6.07, 6.45) is 0. The number of ether oxygens (including phenoxy) is 2. The molecule has 2 heterocycles. The number of likely N-dealkylation sites (N-methyl/N-ethyl adjacent to an activating group) is 1. The molecule has 0 radical (unpaired) electrons. The number of aryl methyl sites for hydroxylation is 1. The van der Waals surface area contributed by atoms with Gasteiger partial charge < -0.3 is 19.7 Å². The Morgan fingerprint density at radius 1 is 1.26 bits per heavy atom. The molecule has 144 valence electrons. The van der Waals surface area contributed by atoms with Crippen molar-refractivity contribution < 1.29 is 19.1 Å². The Hall–Kier alpha value is -2.81. The Bertz CT molecular complexity index is 905. The Kier molecular flexibility index (Phi) is 5.80. The quantitative estimate of drug-likeness (QED) is 0.806. The molecule has 0 atom stereocenters. The summed E-state index contributed by atoms with van der Waals surface area (Å²) in [4.78, 5) is 37.8. The fourth-order valence-corrected chi connectivity index (χ4v) is 3.44. The molecule has 8 nitrogen and oxygen atoms in total. The molecule has 9 heteroatoms. The number of nitrogens with zero attached hydrogens (tertiary/aromatic N) is 2. The van der Waals surface area contributed by atoms with Gasteiger partial charge >= 0.3 is 4.87 Å². The van der Waals surface area contributed by atoms with Crippen LogP contribution in [0.2, 0.25) is 0 Å². The zero-order chi connectivity index (χ0) is 19.4. The summed E-state index contributed by atoms with van der Waals surface area (Å²) < 4.78 is 12.4. The van der Waals surface area contributed by atoms with Crippen LogP contribution in [0.3, 0.4) is 0 Å². The third-order valence-corrected chi connectivity index (χ3v) is 5.05. The Balaban J connectivity index is 1.61. The first kappa shape index (κ1) is 19.0. The number of anilines is 1. The van der Waals surface area contributed by atoms with E-state index in [9.17, 15) is 14.4 Å². The van der Waals surface area contributed by atoms with Crippen LogP contribution in [0.15, 0.2) is 28.4 Å². The topological polar surface area (TPSA) is 89.9 Å². The smallest absolute Gasteiger partial charge is 0.307 e. The van der Waals surface area contributed by atoms with Crippen molar-refractivity contribution >= 4 is 28.8 Å². The lowest BCUT2D eigenvalue weighted by Gasteiger charge is -2.21. The lowest BCUT2D eigenvalue weighted by Crippen LogP contribution is -2.40. The highest BCUT2D eigenvalue weighted by Crippen LogP contribution is 2.32. The van der Waals surface area contributed by atoms with Gasteiger partial charge in [-0.15, -0.1) is 0 Å².